The molecule has 26 heavy (non-hydrogen) atoms. The summed E-state index contributed by atoms with van der Waals surface area (Å²) in [6, 6.07) is 0.313. The van der Waals surface area contributed by atoms with E-state index in [1.807, 2.05) is 13.8 Å². The molecule has 3 N–H and O–H groups in total. The predicted octanol–water partition coefficient (Wildman–Crippen LogP) is 2.07. The smallest absolute Gasteiger partial charge is 0.271 e. The summed E-state index contributed by atoms with van der Waals surface area (Å²) in [5, 5.41) is 3.17. The van der Waals surface area contributed by atoms with Crippen molar-refractivity contribution < 1.29 is 9.59 Å². The predicted molar refractivity (Wildman–Crippen MR) is 98.9 cm³/mol. The molecule has 2 amide bonds. The van der Waals surface area contributed by atoms with Crippen LogP contribution in [-0.2, 0) is 11.2 Å². The van der Waals surface area contributed by atoms with E-state index in [0.717, 1.165) is 35.7 Å². The zero-order chi connectivity index (χ0) is 18.8. The molecule has 7 heteroatoms. The van der Waals surface area contributed by atoms with Gasteiger partial charge in [0.2, 0.25) is 5.91 Å². The zero-order valence-electron chi connectivity index (χ0n) is 15.7. The molecule has 2 aromatic heterocycles. The number of nitrogens with one attached hydrogen (secondary N) is 1. The van der Waals surface area contributed by atoms with Crippen LogP contribution < -0.4 is 11.1 Å². The quantitative estimate of drug-likeness (QED) is 0.855. The molecule has 2 heterocycles. The van der Waals surface area contributed by atoms with Gasteiger partial charge >= 0.3 is 0 Å². The fourth-order valence-corrected chi connectivity index (χ4v) is 3.81. The van der Waals surface area contributed by atoms with E-state index in [1.54, 1.807) is 10.7 Å². The summed E-state index contributed by atoms with van der Waals surface area (Å²) in [4.78, 5) is 32.3. The summed E-state index contributed by atoms with van der Waals surface area (Å²) in [6.07, 6.45) is 7.12. The Kier molecular flexibility index (Phi) is 5.25. The van der Waals surface area contributed by atoms with Crippen molar-refractivity contribution >= 4 is 17.5 Å². The van der Waals surface area contributed by atoms with E-state index in [-0.39, 0.29) is 11.6 Å². The largest absolute Gasteiger partial charge is 0.364 e. The van der Waals surface area contributed by atoms with Crippen LogP contribution in [0.2, 0.25) is 0 Å². The van der Waals surface area contributed by atoms with Gasteiger partial charge in [-0.1, -0.05) is 6.92 Å². The molecule has 0 aliphatic heterocycles. The third-order valence-electron chi connectivity index (χ3n) is 5.47. The highest BCUT2D eigenvalue weighted by Gasteiger charge is 2.21. The minimum atomic E-state index is -0.590. The first-order valence-corrected chi connectivity index (χ1v) is 9.29. The van der Waals surface area contributed by atoms with Crippen LogP contribution in [-0.4, -0.2) is 32.2 Å². The van der Waals surface area contributed by atoms with Crippen LogP contribution in [0.15, 0.2) is 6.33 Å². The van der Waals surface area contributed by atoms with Crippen LogP contribution in [0, 0.1) is 19.8 Å². The lowest BCUT2D eigenvalue weighted by Gasteiger charge is -2.27. The summed E-state index contributed by atoms with van der Waals surface area (Å²) >= 11 is 0. The minimum absolute atomic E-state index is 0.0897. The number of amides is 2. The van der Waals surface area contributed by atoms with E-state index in [9.17, 15) is 9.59 Å². The molecule has 7 nitrogen and oxygen atoms in total. The number of hydrogen-bond acceptors (Lipinski definition) is 4. The Morgan fingerprint density at radius 3 is 2.62 bits per heavy atom. The number of fused-ring (bicyclic) bond motifs is 1. The Bertz CT molecular complexity index is 834. The number of imidazole rings is 1. The first-order chi connectivity index (χ1) is 12.4. The van der Waals surface area contributed by atoms with Gasteiger partial charge in [0, 0.05) is 23.9 Å². The van der Waals surface area contributed by atoms with Crippen molar-refractivity contribution in [3.63, 3.8) is 0 Å². The Balaban J connectivity index is 1.69. The molecule has 1 saturated carbocycles. The first kappa shape index (κ1) is 18.4. The highest BCUT2D eigenvalue weighted by atomic mass is 16.2. The van der Waals surface area contributed by atoms with E-state index >= 15 is 0 Å². The fourth-order valence-electron chi connectivity index (χ4n) is 3.81. The third kappa shape index (κ3) is 3.71. The van der Waals surface area contributed by atoms with Crippen LogP contribution in [0.5, 0.6) is 0 Å². The number of aromatic nitrogens is 3. The van der Waals surface area contributed by atoms with Gasteiger partial charge in [-0.3, -0.25) is 14.0 Å². The second-order valence-corrected chi connectivity index (χ2v) is 7.44. The molecular weight excluding hydrogens is 330 g/mol. The van der Waals surface area contributed by atoms with Gasteiger partial charge in [-0.05, 0) is 57.4 Å². The highest BCUT2D eigenvalue weighted by molar-refractivity contribution is 5.96. The summed E-state index contributed by atoms with van der Waals surface area (Å²) in [5.41, 5.74) is 8.75. The molecule has 2 aromatic rings. The molecule has 0 bridgehead atoms. The van der Waals surface area contributed by atoms with Crippen LogP contribution in [0.1, 0.15) is 66.5 Å². The average molecular weight is 357 g/mol. The maximum Gasteiger partial charge on any atom is 0.271 e. The van der Waals surface area contributed by atoms with Gasteiger partial charge in [-0.25, -0.2) is 9.97 Å². The standard InChI is InChI=1S/C19H27N5O2/c1-11-4-6-14(7-5-11)23-16(25)9-8-15-12(2)22-19-17(18(20)26)21-10-24(19)13(15)3/h10-11,14H,4-9H2,1-3H3,(H2,20,26)(H,23,25). The van der Waals surface area contributed by atoms with Gasteiger partial charge in [0.1, 0.15) is 6.33 Å². The van der Waals surface area contributed by atoms with Gasteiger partial charge < -0.3 is 11.1 Å². The lowest BCUT2D eigenvalue weighted by Crippen LogP contribution is -2.37. The first-order valence-electron chi connectivity index (χ1n) is 9.29. The lowest BCUT2D eigenvalue weighted by atomic mass is 9.87. The maximum atomic E-state index is 12.3. The van der Waals surface area contributed by atoms with Crippen molar-refractivity contribution in [2.45, 2.75) is 65.3 Å². The van der Waals surface area contributed by atoms with Crippen LogP contribution in [0.25, 0.3) is 5.65 Å². The van der Waals surface area contributed by atoms with Crippen molar-refractivity contribution in [3.05, 3.63) is 29.0 Å². The van der Waals surface area contributed by atoms with E-state index in [0.29, 0.717) is 24.5 Å². The van der Waals surface area contributed by atoms with Crippen molar-refractivity contribution in [1.82, 2.24) is 19.7 Å². The summed E-state index contributed by atoms with van der Waals surface area (Å²) in [5.74, 6) is 0.270. The topological polar surface area (TPSA) is 102 Å². The fraction of sp³-hybridized carbons (Fsp3) is 0.579. The molecule has 140 valence electrons. The molecule has 3 rings (SSSR count). The van der Waals surface area contributed by atoms with Gasteiger partial charge in [0.25, 0.3) is 5.91 Å². The molecule has 0 saturated heterocycles. The van der Waals surface area contributed by atoms with Crippen LogP contribution in [0.3, 0.4) is 0 Å². The molecule has 0 aromatic carbocycles. The van der Waals surface area contributed by atoms with Crippen LogP contribution in [0.4, 0.5) is 0 Å². The summed E-state index contributed by atoms with van der Waals surface area (Å²) in [6.45, 7) is 6.11. The van der Waals surface area contributed by atoms with E-state index in [1.165, 1.54) is 12.8 Å². The van der Waals surface area contributed by atoms with Gasteiger partial charge in [0.15, 0.2) is 11.3 Å². The maximum absolute atomic E-state index is 12.3. The number of nitrogens with two attached hydrogens (primary N) is 1. The third-order valence-corrected chi connectivity index (χ3v) is 5.47. The van der Waals surface area contributed by atoms with Crippen LogP contribution >= 0.6 is 0 Å². The molecule has 0 unspecified atom stereocenters. The lowest BCUT2D eigenvalue weighted by molar-refractivity contribution is -0.122. The highest BCUT2D eigenvalue weighted by Crippen LogP contribution is 2.24. The number of rotatable bonds is 5. The molecule has 1 aliphatic rings. The van der Waals surface area contributed by atoms with Gasteiger partial charge in [0.05, 0.1) is 0 Å². The Morgan fingerprint density at radius 2 is 1.96 bits per heavy atom. The molecule has 0 spiro atoms. The Labute approximate surface area is 153 Å². The van der Waals surface area contributed by atoms with E-state index in [2.05, 4.69) is 22.2 Å². The number of aryl methyl sites for hydroxylation is 2. The number of primary amides is 1. The van der Waals surface area contributed by atoms with E-state index in [4.69, 9.17) is 5.73 Å². The number of nitrogens with zero attached hydrogens (tertiary/aromatic N) is 3. The van der Waals surface area contributed by atoms with E-state index < -0.39 is 5.91 Å². The number of carbonyl (C=O) groups is 2. The monoisotopic (exact) mass is 357 g/mol. The zero-order valence-corrected chi connectivity index (χ0v) is 15.7. The van der Waals surface area contributed by atoms with Crippen molar-refractivity contribution in [1.29, 1.82) is 0 Å². The Hall–Kier alpha value is -2.44. The van der Waals surface area contributed by atoms with Crippen molar-refractivity contribution in [3.8, 4) is 0 Å². The molecular formula is C19H27N5O2. The van der Waals surface area contributed by atoms with Crippen molar-refractivity contribution in [2.24, 2.45) is 11.7 Å². The number of carbonyl (C=O) groups excluding carboxylic acids is 2. The molecule has 0 radical (unpaired) electrons. The second kappa shape index (κ2) is 7.43. The summed E-state index contributed by atoms with van der Waals surface area (Å²) < 4.78 is 1.77. The minimum Gasteiger partial charge on any atom is -0.364 e. The summed E-state index contributed by atoms with van der Waals surface area (Å²) in [7, 11) is 0. The average Bonchev–Trinajstić information content (AvgIpc) is 3.01. The molecule has 1 fully saturated rings. The number of hydrogen-bond donors (Lipinski definition) is 2. The second-order valence-electron chi connectivity index (χ2n) is 7.44. The van der Waals surface area contributed by atoms with Gasteiger partial charge in [-0.2, -0.15) is 0 Å². The van der Waals surface area contributed by atoms with Gasteiger partial charge in [-0.15, -0.1) is 0 Å². The Morgan fingerprint density at radius 1 is 1.27 bits per heavy atom. The normalized spacial score (nSPS) is 20.3. The molecule has 1 aliphatic carbocycles. The SMILES string of the molecule is Cc1nc2c(C(N)=O)ncn2c(C)c1CCC(=O)NC1CCC(C)CC1. The molecule has 0 atom stereocenters. The van der Waals surface area contributed by atoms with Crippen molar-refractivity contribution in [2.75, 3.05) is 0 Å².